The molecule has 1 saturated heterocycles. The van der Waals surface area contributed by atoms with Gasteiger partial charge in [0.25, 0.3) is 17.7 Å². The molecule has 3 N–H and O–H groups in total. The summed E-state index contributed by atoms with van der Waals surface area (Å²) in [4.78, 5) is 50.3. The van der Waals surface area contributed by atoms with E-state index in [-0.39, 0.29) is 11.1 Å². The zero-order valence-electron chi connectivity index (χ0n) is 13.7. The summed E-state index contributed by atoms with van der Waals surface area (Å²) in [5.41, 5.74) is -1.50. The molecule has 1 aliphatic heterocycles. The van der Waals surface area contributed by atoms with Gasteiger partial charge in [-0.2, -0.15) is 0 Å². The van der Waals surface area contributed by atoms with E-state index >= 15 is 0 Å². The van der Waals surface area contributed by atoms with Crippen molar-refractivity contribution in [2.45, 2.75) is 10.4 Å². The molecule has 8 heteroatoms. The lowest BCUT2D eigenvalue weighted by Gasteiger charge is -2.34. The van der Waals surface area contributed by atoms with Crippen molar-refractivity contribution in [1.82, 2.24) is 16.0 Å². The van der Waals surface area contributed by atoms with Gasteiger partial charge in [-0.3, -0.25) is 25.0 Å². The third-order valence-corrected chi connectivity index (χ3v) is 4.74. The Morgan fingerprint density at radius 2 is 1.50 bits per heavy atom. The topological polar surface area (TPSA) is 104 Å². The Balaban J connectivity index is 2.01. The molecule has 132 valence electrons. The highest BCUT2D eigenvalue weighted by molar-refractivity contribution is 7.98. The molecule has 5 amide bonds. The number of hydrogen-bond donors (Lipinski definition) is 3. The standard InChI is InChI=1S/C18H15N3O4S/c1-26-13-9-7-11(8-10-13)14(22)21-18(12-5-3-2-4-6-12)15(23)19-17(25)20-16(18)24/h2-10H,1H3,(H,21,22)(H2,19,20,23,24,25). The second kappa shape index (κ2) is 7.01. The van der Waals surface area contributed by atoms with Gasteiger partial charge in [-0.25, -0.2) is 4.79 Å². The number of barbiturate groups is 1. The highest BCUT2D eigenvalue weighted by Crippen LogP contribution is 2.25. The quantitative estimate of drug-likeness (QED) is 0.558. The fraction of sp³-hybridized carbons (Fsp3) is 0.111. The van der Waals surface area contributed by atoms with E-state index < -0.39 is 29.3 Å². The van der Waals surface area contributed by atoms with Crippen molar-refractivity contribution >= 4 is 35.5 Å². The second-order valence-electron chi connectivity index (χ2n) is 5.54. The van der Waals surface area contributed by atoms with Gasteiger partial charge in [-0.1, -0.05) is 30.3 Å². The van der Waals surface area contributed by atoms with Gasteiger partial charge in [0.15, 0.2) is 0 Å². The molecule has 1 aliphatic rings. The number of imide groups is 2. The van der Waals surface area contributed by atoms with Crippen LogP contribution in [0.5, 0.6) is 0 Å². The van der Waals surface area contributed by atoms with E-state index in [1.165, 1.54) is 23.9 Å². The van der Waals surface area contributed by atoms with Crippen LogP contribution in [0.4, 0.5) is 4.79 Å². The molecule has 0 aliphatic carbocycles. The molecule has 0 aromatic heterocycles. The lowest BCUT2D eigenvalue weighted by atomic mass is 9.86. The van der Waals surface area contributed by atoms with Gasteiger partial charge in [-0.05, 0) is 36.1 Å². The average molecular weight is 369 g/mol. The van der Waals surface area contributed by atoms with E-state index in [2.05, 4.69) is 5.32 Å². The predicted octanol–water partition coefficient (Wildman–Crippen LogP) is 1.40. The first-order chi connectivity index (χ1) is 12.5. The summed E-state index contributed by atoms with van der Waals surface area (Å²) < 4.78 is 0. The Kier molecular flexibility index (Phi) is 4.77. The van der Waals surface area contributed by atoms with Crippen LogP contribution in [0.15, 0.2) is 59.5 Å². The van der Waals surface area contributed by atoms with Crippen LogP contribution in [-0.4, -0.2) is 30.0 Å². The van der Waals surface area contributed by atoms with Crippen molar-refractivity contribution in [3.63, 3.8) is 0 Å². The van der Waals surface area contributed by atoms with Crippen LogP contribution < -0.4 is 16.0 Å². The Morgan fingerprint density at radius 3 is 2.04 bits per heavy atom. The van der Waals surface area contributed by atoms with E-state index in [0.717, 1.165) is 4.90 Å². The lowest BCUT2D eigenvalue weighted by Crippen LogP contribution is -2.71. The van der Waals surface area contributed by atoms with Crippen molar-refractivity contribution in [2.24, 2.45) is 0 Å². The number of rotatable bonds is 4. The minimum atomic E-state index is -2.04. The van der Waals surface area contributed by atoms with Crippen LogP contribution in [-0.2, 0) is 15.1 Å². The summed E-state index contributed by atoms with van der Waals surface area (Å²) >= 11 is 1.52. The molecule has 1 heterocycles. The van der Waals surface area contributed by atoms with E-state index in [0.29, 0.717) is 0 Å². The van der Waals surface area contributed by atoms with Gasteiger partial charge in [0.05, 0.1) is 0 Å². The maximum atomic E-state index is 12.7. The van der Waals surface area contributed by atoms with Crippen LogP contribution in [0.25, 0.3) is 0 Å². The molecule has 0 saturated carbocycles. The Hall–Kier alpha value is -3.13. The van der Waals surface area contributed by atoms with E-state index in [4.69, 9.17) is 0 Å². The van der Waals surface area contributed by atoms with Crippen molar-refractivity contribution < 1.29 is 19.2 Å². The molecule has 3 rings (SSSR count). The predicted molar refractivity (Wildman–Crippen MR) is 95.5 cm³/mol. The fourth-order valence-corrected chi connectivity index (χ4v) is 3.06. The van der Waals surface area contributed by atoms with Crippen LogP contribution in [0.1, 0.15) is 15.9 Å². The summed E-state index contributed by atoms with van der Waals surface area (Å²) in [6, 6.07) is 13.8. The Labute approximate surface area is 153 Å². The molecule has 2 aromatic carbocycles. The number of hydrogen-bond acceptors (Lipinski definition) is 5. The first kappa shape index (κ1) is 17.7. The van der Waals surface area contributed by atoms with Crippen LogP contribution in [0, 0.1) is 0 Å². The summed E-state index contributed by atoms with van der Waals surface area (Å²) in [6.07, 6.45) is 1.91. The van der Waals surface area contributed by atoms with Crippen LogP contribution in [0.3, 0.4) is 0 Å². The summed E-state index contributed by atoms with van der Waals surface area (Å²) in [5.74, 6) is -2.43. The number of amides is 5. The number of urea groups is 1. The zero-order chi connectivity index (χ0) is 18.7. The average Bonchev–Trinajstić information content (AvgIpc) is 2.65. The lowest BCUT2D eigenvalue weighted by molar-refractivity contribution is -0.139. The smallest absolute Gasteiger partial charge is 0.326 e. The van der Waals surface area contributed by atoms with Gasteiger partial charge in [-0.15, -0.1) is 11.8 Å². The summed E-state index contributed by atoms with van der Waals surface area (Å²) in [5, 5.41) is 6.59. The van der Waals surface area contributed by atoms with E-state index in [9.17, 15) is 19.2 Å². The third kappa shape index (κ3) is 3.06. The van der Waals surface area contributed by atoms with Gasteiger partial charge >= 0.3 is 6.03 Å². The second-order valence-corrected chi connectivity index (χ2v) is 6.42. The normalized spacial score (nSPS) is 15.8. The number of carbonyl (C=O) groups excluding carboxylic acids is 4. The van der Waals surface area contributed by atoms with Crippen LogP contribution in [0.2, 0.25) is 0 Å². The van der Waals surface area contributed by atoms with E-state index in [1.807, 2.05) is 16.9 Å². The van der Waals surface area contributed by atoms with Crippen molar-refractivity contribution in [1.29, 1.82) is 0 Å². The van der Waals surface area contributed by atoms with Crippen molar-refractivity contribution in [3.05, 3.63) is 65.7 Å². The molecule has 0 unspecified atom stereocenters. The molecular weight excluding hydrogens is 354 g/mol. The molecule has 0 atom stereocenters. The number of carbonyl (C=O) groups is 4. The first-order valence-electron chi connectivity index (χ1n) is 7.66. The highest BCUT2D eigenvalue weighted by Gasteiger charge is 2.53. The Bertz CT molecular complexity index is 861. The molecule has 0 spiro atoms. The number of thioether (sulfide) groups is 1. The minimum Gasteiger partial charge on any atom is -0.326 e. The van der Waals surface area contributed by atoms with Crippen molar-refractivity contribution in [2.75, 3.05) is 6.26 Å². The SMILES string of the molecule is CSc1ccc(C(=O)NC2(c3ccccc3)C(=O)NC(=O)NC2=O)cc1. The largest absolute Gasteiger partial charge is 0.328 e. The van der Waals surface area contributed by atoms with Crippen molar-refractivity contribution in [3.8, 4) is 0 Å². The molecule has 2 aromatic rings. The van der Waals surface area contributed by atoms with Crippen LogP contribution >= 0.6 is 11.8 Å². The maximum absolute atomic E-state index is 12.7. The molecule has 0 bridgehead atoms. The highest BCUT2D eigenvalue weighted by atomic mass is 32.2. The Morgan fingerprint density at radius 1 is 0.923 bits per heavy atom. The number of benzene rings is 2. The summed E-state index contributed by atoms with van der Waals surface area (Å²) in [6.45, 7) is 0. The van der Waals surface area contributed by atoms with Gasteiger partial charge in [0.2, 0.25) is 5.54 Å². The maximum Gasteiger partial charge on any atom is 0.328 e. The number of nitrogens with one attached hydrogen (secondary N) is 3. The van der Waals surface area contributed by atoms with Gasteiger partial charge in [0, 0.05) is 10.5 Å². The molecule has 0 radical (unpaired) electrons. The summed E-state index contributed by atoms with van der Waals surface area (Å²) in [7, 11) is 0. The first-order valence-corrected chi connectivity index (χ1v) is 8.89. The minimum absolute atomic E-state index is 0.247. The third-order valence-electron chi connectivity index (χ3n) is 4.00. The van der Waals surface area contributed by atoms with Gasteiger partial charge in [0.1, 0.15) is 0 Å². The fourth-order valence-electron chi connectivity index (χ4n) is 2.65. The monoisotopic (exact) mass is 369 g/mol. The zero-order valence-corrected chi connectivity index (χ0v) is 14.6. The van der Waals surface area contributed by atoms with Gasteiger partial charge < -0.3 is 5.32 Å². The molecule has 1 fully saturated rings. The molecule has 7 nitrogen and oxygen atoms in total. The van der Waals surface area contributed by atoms with E-state index in [1.54, 1.807) is 42.5 Å². The molecule has 26 heavy (non-hydrogen) atoms. The molecular formula is C18H15N3O4S.